The van der Waals surface area contributed by atoms with Gasteiger partial charge in [-0.25, -0.2) is 8.78 Å². The van der Waals surface area contributed by atoms with Crippen LogP contribution >= 0.6 is 0 Å². The lowest BCUT2D eigenvalue weighted by Gasteiger charge is -2.28. The van der Waals surface area contributed by atoms with Crippen LogP contribution in [0.25, 0.3) is 0 Å². The molecular weight excluding hydrogens is 220 g/mol. The molecule has 2 rings (SSSR count). The Morgan fingerprint density at radius 1 is 1.29 bits per heavy atom. The van der Waals surface area contributed by atoms with E-state index in [9.17, 15) is 8.78 Å². The van der Waals surface area contributed by atoms with Crippen LogP contribution in [-0.2, 0) is 5.92 Å². The molecule has 1 nitrogen and oxygen atoms in total. The van der Waals surface area contributed by atoms with Crippen LogP contribution in [-0.4, -0.2) is 12.6 Å². The van der Waals surface area contributed by atoms with E-state index in [0.717, 1.165) is 25.8 Å². The Kier molecular flexibility index (Phi) is 3.77. The number of rotatable bonds is 3. The smallest absolute Gasteiger partial charge is 0.275 e. The van der Waals surface area contributed by atoms with Gasteiger partial charge in [-0.15, -0.1) is 0 Å². The maximum Gasteiger partial charge on any atom is 0.275 e. The van der Waals surface area contributed by atoms with Crippen LogP contribution in [0.5, 0.6) is 0 Å². The Hall–Kier alpha value is -0.960. The summed E-state index contributed by atoms with van der Waals surface area (Å²) in [6.07, 6.45) is 2.94. The number of benzene rings is 1. The van der Waals surface area contributed by atoms with Crippen LogP contribution in [0, 0.1) is 6.92 Å². The van der Waals surface area contributed by atoms with E-state index in [0.29, 0.717) is 5.56 Å². The second-order valence-corrected chi connectivity index (χ2v) is 4.87. The highest BCUT2D eigenvalue weighted by Gasteiger charge is 2.36. The Bertz CT molecular complexity index is 370. The summed E-state index contributed by atoms with van der Waals surface area (Å²) in [7, 11) is 0. The quantitative estimate of drug-likeness (QED) is 0.849. The number of halogens is 2. The molecule has 0 amide bonds. The highest BCUT2D eigenvalue weighted by atomic mass is 19.3. The Morgan fingerprint density at radius 3 is 2.71 bits per heavy atom. The second kappa shape index (κ2) is 5.13. The molecule has 94 valence electrons. The van der Waals surface area contributed by atoms with Gasteiger partial charge in [-0.2, -0.15) is 0 Å². The van der Waals surface area contributed by atoms with Crippen molar-refractivity contribution in [2.45, 2.75) is 44.6 Å². The monoisotopic (exact) mass is 239 g/mol. The van der Waals surface area contributed by atoms with Crippen molar-refractivity contribution in [1.82, 2.24) is 5.32 Å². The highest BCUT2D eigenvalue weighted by molar-refractivity contribution is 5.29. The number of nitrogens with one attached hydrogen (secondary N) is 1. The zero-order chi connectivity index (χ0) is 12.3. The molecule has 1 aromatic rings. The van der Waals surface area contributed by atoms with E-state index >= 15 is 0 Å². The van der Waals surface area contributed by atoms with E-state index in [1.807, 2.05) is 0 Å². The first kappa shape index (κ1) is 12.5. The van der Waals surface area contributed by atoms with E-state index in [1.165, 1.54) is 6.07 Å². The van der Waals surface area contributed by atoms with Crippen LogP contribution in [0.2, 0.25) is 0 Å². The highest BCUT2D eigenvalue weighted by Crippen LogP contribution is 2.36. The minimum absolute atomic E-state index is 0.0432. The fourth-order valence-electron chi connectivity index (χ4n) is 2.50. The van der Waals surface area contributed by atoms with Crippen molar-refractivity contribution in [2.75, 3.05) is 6.54 Å². The maximum atomic E-state index is 14.2. The minimum atomic E-state index is -2.72. The van der Waals surface area contributed by atoms with Crippen LogP contribution in [0.3, 0.4) is 0 Å². The average Bonchev–Trinajstić information content (AvgIpc) is 2.30. The Morgan fingerprint density at radius 2 is 2.06 bits per heavy atom. The molecule has 1 aliphatic rings. The van der Waals surface area contributed by atoms with Crippen LogP contribution in [0.1, 0.15) is 36.8 Å². The molecule has 1 aromatic carbocycles. The normalized spacial score (nSPS) is 21.5. The third kappa shape index (κ3) is 3.03. The third-order valence-electron chi connectivity index (χ3n) is 3.45. The lowest BCUT2D eigenvalue weighted by Crippen LogP contribution is -2.38. The molecule has 3 heteroatoms. The van der Waals surface area contributed by atoms with Crippen molar-refractivity contribution in [3.8, 4) is 0 Å². The Labute approximate surface area is 101 Å². The first-order chi connectivity index (χ1) is 8.09. The van der Waals surface area contributed by atoms with Gasteiger partial charge in [0.1, 0.15) is 0 Å². The number of hydrogen-bond acceptors (Lipinski definition) is 1. The van der Waals surface area contributed by atoms with Crippen molar-refractivity contribution in [1.29, 1.82) is 0 Å². The average molecular weight is 239 g/mol. The zero-order valence-electron chi connectivity index (χ0n) is 10.2. The van der Waals surface area contributed by atoms with E-state index in [1.54, 1.807) is 25.1 Å². The molecule has 1 unspecified atom stereocenters. The lowest BCUT2D eigenvalue weighted by molar-refractivity contribution is -0.0258. The summed E-state index contributed by atoms with van der Waals surface area (Å²) in [6, 6.07) is 6.73. The largest absolute Gasteiger partial charge is 0.314 e. The first-order valence-electron chi connectivity index (χ1n) is 6.27. The second-order valence-electron chi connectivity index (χ2n) is 4.87. The van der Waals surface area contributed by atoms with Crippen molar-refractivity contribution in [2.24, 2.45) is 0 Å². The molecule has 17 heavy (non-hydrogen) atoms. The van der Waals surface area contributed by atoms with Gasteiger partial charge in [0.2, 0.25) is 0 Å². The van der Waals surface area contributed by atoms with Gasteiger partial charge in [0.25, 0.3) is 5.92 Å². The predicted octanol–water partition coefficient (Wildman–Crippen LogP) is 3.62. The standard InChI is InChI=1S/C14H19F2N/c1-11-6-2-3-8-13(11)14(15,16)10-12-7-4-5-9-17-12/h2-3,6,8,12,17H,4-5,7,9-10H2,1H3. The molecule has 1 fully saturated rings. The number of alkyl halides is 2. The molecule has 1 atom stereocenters. The molecule has 0 aliphatic carbocycles. The fraction of sp³-hybridized carbons (Fsp3) is 0.571. The molecule has 0 spiro atoms. The van der Waals surface area contributed by atoms with Gasteiger partial charge in [-0.05, 0) is 31.9 Å². The van der Waals surface area contributed by atoms with Gasteiger partial charge in [-0.3, -0.25) is 0 Å². The van der Waals surface area contributed by atoms with Crippen LogP contribution in [0.15, 0.2) is 24.3 Å². The van der Waals surface area contributed by atoms with Gasteiger partial charge in [0, 0.05) is 18.0 Å². The van der Waals surface area contributed by atoms with E-state index in [-0.39, 0.29) is 18.0 Å². The van der Waals surface area contributed by atoms with Crippen LogP contribution < -0.4 is 5.32 Å². The van der Waals surface area contributed by atoms with Gasteiger partial charge >= 0.3 is 0 Å². The summed E-state index contributed by atoms with van der Waals surface area (Å²) in [4.78, 5) is 0. The summed E-state index contributed by atoms with van der Waals surface area (Å²) in [5.74, 6) is -2.72. The third-order valence-corrected chi connectivity index (χ3v) is 3.45. The topological polar surface area (TPSA) is 12.0 Å². The summed E-state index contributed by atoms with van der Waals surface area (Å²) in [6.45, 7) is 2.62. The SMILES string of the molecule is Cc1ccccc1C(F)(F)CC1CCCCN1. The molecular formula is C14H19F2N. The summed E-state index contributed by atoms with van der Waals surface area (Å²) in [5, 5.41) is 3.18. The van der Waals surface area contributed by atoms with Gasteiger partial charge in [0.15, 0.2) is 0 Å². The zero-order valence-corrected chi connectivity index (χ0v) is 10.2. The molecule has 1 saturated heterocycles. The summed E-state index contributed by atoms with van der Waals surface area (Å²) in [5.41, 5.74) is 0.848. The molecule has 1 heterocycles. The van der Waals surface area contributed by atoms with Gasteiger partial charge in [0.05, 0.1) is 0 Å². The van der Waals surface area contributed by atoms with Crippen molar-refractivity contribution >= 4 is 0 Å². The minimum Gasteiger partial charge on any atom is -0.314 e. The molecule has 1 N–H and O–H groups in total. The number of hydrogen-bond donors (Lipinski definition) is 1. The van der Waals surface area contributed by atoms with Crippen molar-refractivity contribution in [3.05, 3.63) is 35.4 Å². The van der Waals surface area contributed by atoms with Gasteiger partial charge in [-0.1, -0.05) is 30.7 Å². The maximum absolute atomic E-state index is 14.2. The van der Waals surface area contributed by atoms with Crippen molar-refractivity contribution in [3.63, 3.8) is 0 Å². The molecule has 1 aliphatic heterocycles. The summed E-state index contributed by atoms with van der Waals surface area (Å²) < 4.78 is 28.3. The molecule has 0 saturated carbocycles. The molecule has 0 radical (unpaired) electrons. The summed E-state index contributed by atoms with van der Waals surface area (Å²) >= 11 is 0. The molecule has 0 bridgehead atoms. The predicted molar refractivity (Wildman–Crippen MR) is 65.3 cm³/mol. The van der Waals surface area contributed by atoms with E-state index < -0.39 is 5.92 Å². The van der Waals surface area contributed by atoms with Crippen LogP contribution in [0.4, 0.5) is 8.78 Å². The number of aryl methyl sites for hydroxylation is 1. The number of piperidine rings is 1. The van der Waals surface area contributed by atoms with E-state index in [4.69, 9.17) is 0 Å². The fourth-order valence-corrected chi connectivity index (χ4v) is 2.50. The van der Waals surface area contributed by atoms with Crippen molar-refractivity contribution < 1.29 is 8.78 Å². The molecule has 0 aromatic heterocycles. The van der Waals surface area contributed by atoms with E-state index in [2.05, 4.69) is 5.32 Å². The van der Waals surface area contributed by atoms with Gasteiger partial charge < -0.3 is 5.32 Å². The Balaban J connectivity index is 2.10. The lowest BCUT2D eigenvalue weighted by atomic mass is 9.93. The first-order valence-corrected chi connectivity index (χ1v) is 6.27.